The number of benzene rings is 1. The first-order valence-electron chi connectivity index (χ1n) is 6.71. The summed E-state index contributed by atoms with van der Waals surface area (Å²) in [6, 6.07) is 6.33. The number of thiazole rings is 1. The topological polar surface area (TPSA) is 51.4 Å². The average Bonchev–Trinajstić information content (AvgIpc) is 2.81. The second-order valence-electron chi connectivity index (χ2n) is 5.08. The zero-order chi connectivity index (χ0) is 13.4. The van der Waals surface area contributed by atoms with Gasteiger partial charge in [0, 0.05) is 12.2 Å². The molecule has 0 saturated carbocycles. The van der Waals surface area contributed by atoms with E-state index in [9.17, 15) is 0 Å². The molecule has 1 aliphatic heterocycles. The second kappa shape index (κ2) is 4.98. The highest BCUT2D eigenvalue weighted by Crippen LogP contribution is 2.33. The van der Waals surface area contributed by atoms with Crippen LogP contribution in [0.4, 0.5) is 10.8 Å². The van der Waals surface area contributed by atoms with Gasteiger partial charge in [-0.3, -0.25) is 0 Å². The molecule has 5 heteroatoms. The Balaban J connectivity index is 1.97. The van der Waals surface area contributed by atoms with Crippen LogP contribution in [0.5, 0.6) is 0 Å². The van der Waals surface area contributed by atoms with Crippen LogP contribution >= 0.6 is 11.3 Å². The molecule has 1 saturated heterocycles. The smallest absolute Gasteiger partial charge is 0.186 e. The monoisotopic (exact) mass is 277 g/mol. The summed E-state index contributed by atoms with van der Waals surface area (Å²) in [4.78, 5) is 7.13. The predicted octanol–water partition coefficient (Wildman–Crippen LogP) is 2.88. The maximum absolute atomic E-state index is 5.83. The Morgan fingerprint density at radius 1 is 1.53 bits per heavy atom. The molecule has 0 spiro atoms. The number of fused-ring (bicyclic) bond motifs is 1. The highest BCUT2D eigenvalue weighted by molar-refractivity contribution is 7.22. The summed E-state index contributed by atoms with van der Waals surface area (Å²) in [5.74, 6) is 0. The lowest BCUT2D eigenvalue weighted by Crippen LogP contribution is -2.48. The first kappa shape index (κ1) is 12.7. The Morgan fingerprint density at radius 3 is 3.16 bits per heavy atom. The number of aromatic nitrogens is 1. The van der Waals surface area contributed by atoms with Crippen LogP contribution in [0.1, 0.15) is 20.3 Å². The summed E-state index contributed by atoms with van der Waals surface area (Å²) in [5.41, 5.74) is 7.66. The molecule has 1 aromatic carbocycles. The van der Waals surface area contributed by atoms with E-state index >= 15 is 0 Å². The summed E-state index contributed by atoms with van der Waals surface area (Å²) in [6.07, 6.45) is 1.34. The number of rotatable bonds is 2. The molecule has 2 atom stereocenters. The largest absolute Gasteiger partial charge is 0.399 e. The predicted molar refractivity (Wildman–Crippen MR) is 80.9 cm³/mol. The minimum atomic E-state index is 0.264. The van der Waals surface area contributed by atoms with Crippen molar-refractivity contribution in [1.82, 2.24) is 4.98 Å². The third kappa shape index (κ3) is 2.40. The number of nitrogen functional groups attached to an aromatic ring is 1. The van der Waals surface area contributed by atoms with Crippen LogP contribution in [0.25, 0.3) is 10.2 Å². The van der Waals surface area contributed by atoms with Crippen molar-refractivity contribution >= 4 is 32.4 Å². The molecule has 2 heterocycles. The van der Waals surface area contributed by atoms with Crippen molar-refractivity contribution in [3.05, 3.63) is 18.2 Å². The minimum absolute atomic E-state index is 0.264. The van der Waals surface area contributed by atoms with E-state index in [2.05, 4.69) is 18.7 Å². The van der Waals surface area contributed by atoms with Crippen LogP contribution in [0.15, 0.2) is 18.2 Å². The Bertz CT molecular complexity index is 583. The number of ether oxygens (including phenoxy) is 1. The van der Waals surface area contributed by atoms with Crippen LogP contribution in [-0.4, -0.2) is 30.3 Å². The molecule has 0 bridgehead atoms. The number of nitrogens with two attached hydrogens (primary N) is 1. The average molecular weight is 277 g/mol. The van der Waals surface area contributed by atoms with E-state index in [4.69, 9.17) is 15.5 Å². The first-order chi connectivity index (χ1) is 9.17. The highest BCUT2D eigenvalue weighted by atomic mass is 32.1. The summed E-state index contributed by atoms with van der Waals surface area (Å²) in [6.45, 7) is 6.01. The molecular weight excluding hydrogens is 258 g/mol. The molecule has 0 amide bonds. The van der Waals surface area contributed by atoms with E-state index in [0.29, 0.717) is 6.04 Å². The second-order valence-corrected chi connectivity index (χ2v) is 6.09. The van der Waals surface area contributed by atoms with E-state index in [1.54, 1.807) is 11.3 Å². The fraction of sp³-hybridized carbons (Fsp3) is 0.500. The van der Waals surface area contributed by atoms with E-state index < -0.39 is 0 Å². The number of hydrogen-bond acceptors (Lipinski definition) is 5. The Hall–Kier alpha value is -1.33. The molecule has 2 unspecified atom stereocenters. The number of anilines is 2. The lowest BCUT2D eigenvalue weighted by atomic mass is 10.1. The van der Waals surface area contributed by atoms with Crippen LogP contribution in [0.2, 0.25) is 0 Å². The lowest BCUT2D eigenvalue weighted by molar-refractivity contribution is 0.0299. The molecule has 2 N–H and O–H groups in total. The van der Waals surface area contributed by atoms with Gasteiger partial charge < -0.3 is 15.4 Å². The van der Waals surface area contributed by atoms with Crippen LogP contribution in [0.3, 0.4) is 0 Å². The maximum Gasteiger partial charge on any atom is 0.186 e. The first-order valence-corrected chi connectivity index (χ1v) is 7.53. The molecule has 4 nitrogen and oxygen atoms in total. The minimum Gasteiger partial charge on any atom is -0.399 e. The maximum atomic E-state index is 5.83. The third-order valence-corrected chi connectivity index (χ3v) is 4.64. The number of hydrogen-bond donors (Lipinski definition) is 1. The SMILES string of the molecule is CCC1COC(C)CN1c1nc2ccc(N)cc2s1. The third-order valence-electron chi connectivity index (χ3n) is 3.59. The van der Waals surface area contributed by atoms with Gasteiger partial charge in [0.1, 0.15) is 0 Å². The molecule has 3 rings (SSSR count). The molecule has 0 radical (unpaired) electrons. The van der Waals surface area contributed by atoms with E-state index in [1.165, 1.54) is 0 Å². The number of morpholine rings is 1. The Kier molecular flexibility index (Phi) is 3.33. The van der Waals surface area contributed by atoms with Gasteiger partial charge in [0.25, 0.3) is 0 Å². The zero-order valence-corrected chi connectivity index (χ0v) is 12.1. The van der Waals surface area contributed by atoms with Crippen molar-refractivity contribution in [3.63, 3.8) is 0 Å². The normalized spacial score (nSPS) is 24.0. The zero-order valence-electron chi connectivity index (χ0n) is 11.3. The van der Waals surface area contributed by atoms with Crippen molar-refractivity contribution in [3.8, 4) is 0 Å². The van der Waals surface area contributed by atoms with Crippen molar-refractivity contribution in [2.45, 2.75) is 32.4 Å². The Labute approximate surface area is 117 Å². The van der Waals surface area contributed by atoms with Crippen molar-refractivity contribution in [1.29, 1.82) is 0 Å². The quantitative estimate of drug-likeness (QED) is 0.858. The van der Waals surface area contributed by atoms with Gasteiger partial charge in [0.05, 0.1) is 29.0 Å². The fourth-order valence-corrected chi connectivity index (χ4v) is 3.56. The number of nitrogens with zero attached hydrogens (tertiary/aromatic N) is 2. The molecule has 1 fully saturated rings. The van der Waals surface area contributed by atoms with E-state index in [1.807, 2.05) is 18.2 Å². The van der Waals surface area contributed by atoms with Crippen LogP contribution in [0, 0.1) is 0 Å². The van der Waals surface area contributed by atoms with Crippen molar-refractivity contribution < 1.29 is 4.74 Å². The van der Waals surface area contributed by atoms with Gasteiger partial charge in [0.2, 0.25) is 0 Å². The van der Waals surface area contributed by atoms with Gasteiger partial charge in [-0.05, 0) is 31.5 Å². The van der Waals surface area contributed by atoms with Gasteiger partial charge in [0.15, 0.2) is 5.13 Å². The molecule has 0 aliphatic carbocycles. The van der Waals surface area contributed by atoms with Crippen LogP contribution < -0.4 is 10.6 Å². The Morgan fingerprint density at radius 2 is 2.37 bits per heavy atom. The lowest BCUT2D eigenvalue weighted by Gasteiger charge is -2.38. The van der Waals surface area contributed by atoms with E-state index in [0.717, 1.165) is 40.6 Å². The van der Waals surface area contributed by atoms with Gasteiger partial charge in [-0.2, -0.15) is 0 Å². The highest BCUT2D eigenvalue weighted by Gasteiger charge is 2.27. The summed E-state index contributed by atoms with van der Waals surface area (Å²) >= 11 is 1.72. The van der Waals surface area contributed by atoms with Gasteiger partial charge in [-0.25, -0.2) is 4.98 Å². The van der Waals surface area contributed by atoms with Crippen molar-refractivity contribution in [2.75, 3.05) is 23.8 Å². The van der Waals surface area contributed by atoms with Crippen molar-refractivity contribution in [2.24, 2.45) is 0 Å². The molecule has 102 valence electrons. The summed E-state index contributed by atoms with van der Waals surface area (Å²) in [5, 5.41) is 1.09. The molecule has 2 aromatic rings. The molecule has 1 aromatic heterocycles. The molecule has 19 heavy (non-hydrogen) atoms. The fourth-order valence-electron chi connectivity index (χ4n) is 2.47. The summed E-state index contributed by atoms with van der Waals surface area (Å²) in [7, 11) is 0. The van der Waals surface area contributed by atoms with Gasteiger partial charge in [-0.1, -0.05) is 18.3 Å². The van der Waals surface area contributed by atoms with E-state index in [-0.39, 0.29) is 6.10 Å². The molecule has 1 aliphatic rings. The van der Waals surface area contributed by atoms with Crippen LogP contribution in [-0.2, 0) is 4.74 Å². The standard InChI is InChI=1S/C14H19N3OS/c1-3-11-8-18-9(2)7-17(11)14-16-12-5-4-10(15)6-13(12)19-14/h4-6,9,11H,3,7-8,15H2,1-2H3. The van der Waals surface area contributed by atoms with Gasteiger partial charge >= 0.3 is 0 Å². The van der Waals surface area contributed by atoms with Gasteiger partial charge in [-0.15, -0.1) is 0 Å². The molecular formula is C14H19N3OS. The summed E-state index contributed by atoms with van der Waals surface area (Å²) < 4.78 is 6.90.